The van der Waals surface area contributed by atoms with Gasteiger partial charge in [-0.2, -0.15) is 0 Å². The first-order valence-electron chi connectivity index (χ1n) is 16.3. The van der Waals surface area contributed by atoms with Crippen LogP contribution in [0, 0.1) is 5.92 Å². The molecule has 0 saturated heterocycles. The highest BCUT2D eigenvalue weighted by Crippen LogP contribution is 2.35. The molecule has 0 aromatic heterocycles. The molecule has 2 aliphatic carbocycles. The maximum atomic E-state index is 11.6. The molecule has 6 nitrogen and oxygen atoms in total. The minimum Gasteiger partial charge on any atom is -0.491 e. The first kappa shape index (κ1) is 30.4. The Labute approximate surface area is 265 Å². The molecule has 0 spiro atoms. The zero-order valence-electron chi connectivity index (χ0n) is 25.4. The van der Waals surface area contributed by atoms with Crippen LogP contribution in [0.25, 0.3) is 5.70 Å². The number of hydrogen-bond acceptors (Lipinski definition) is 6. The van der Waals surface area contributed by atoms with E-state index in [9.17, 15) is 9.90 Å². The van der Waals surface area contributed by atoms with Crippen molar-refractivity contribution in [1.29, 1.82) is 0 Å². The molecule has 2 saturated carbocycles. The Morgan fingerprint density at radius 1 is 0.864 bits per heavy atom. The second-order valence-electron chi connectivity index (χ2n) is 12.4. The third kappa shape index (κ3) is 8.12. The van der Waals surface area contributed by atoms with Crippen molar-refractivity contribution in [3.63, 3.8) is 0 Å². The molecule has 0 radical (unpaired) electrons. The molecule has 3 aliphatic rings. The van der Waals surface area contributed by atoms with Crippen LogP contribution in [-0.2, 0) is 6.61 Å². The predicted molar refractivity (Wildman–Crippen MR) is 179 cm³/mol. The fourth-order valence-electron chi connectivity index (χ4n) is 6.63. The molecule has 3 N–H and O–H groups in total. The minimum absolute atomic E-state index is 0.103. The van der Waals surface area contributed by atoms with Crippen LogP contribution in [0.4, 0.5) is 5.69 Å². The molecular weight excluding hydrogens is 568 g/mol. The van der Waals surface area contributed by atoms with Gasteiger partial charge in [0.2, 0.25) is 0 Å². The topological polar surface area (TPSA) is 79.8 Å². The summed E-state index contributed by atoms with van der Waals surface area (Å²) in [6, 6.07) is 22.2. The summed E-state index contributed by atoms with van der Waals surface area (Å²) < 4.78 is 12.3. The Bertz CT molecular complexity index is 1410. The van der Waals surface area contributed by atoms with Crippen LogP contribution in [0.2, 0.25) is 0 Å². The fourth-order valence-corrected chi connectivity index (χ4v) is 7.50. The van der Waals surface area contributed by atoms with Crippen molar-refractivity contribution < 1.29 is 19.4 Å². The Balaban J connectivity index is 1.00. The van der Waals surface area contributed by atoms with Crippen molar-refractivity contribution in [2.75, 3.05) is 11.9 Å². The highest BCUT2D eigenvalue weighted by Gasteiger charge is 2.21. The van der Waals surface area contributed by atoms with Crippen LogP contribution in [-0.4, -0.2) is 23.2 Å². The van der Waals surface area contributed by atoms with E-state index < -0.39 is 5.97 Å². The van der Waals surface area contributed by atoms with Crippen molar-refractivity contribution in [2.45, 2.75) is 88.7 Å². The molecule has 1 unspecified atom stereocenters. The molecule has 1 atom stereocenters. The molecule has 44 heavy (non-hydrogen) atoms. The van der Waals surface area contributed by atoms with Gasteiger partial charge in [-0.05, 0) is 95.7 Å². The lowest BCUT2D eigenvalue weighted by Gasteiger charge is -2.23. The standard InChI is InChI=1S/C37H44N2O4S/c40-36(41)31-17-20-33(35(23-31)42-22-21-26-7-3-1-4-8-26)38-37-39-34(25-44-37)30-15-18-32(19-16-30)43-24-27-11-13-29(14-12-27)28-9-5-2-6-10-28/h11-20,23,25-26,28,37-39H,1-10,21-22,24H2,(H,40,41). The van der Waals surface area contributed by atoms with E-state index in [2.05, 4.69) is 52.4 Å². The highest BCUT2D eigenvalue weighted by atomic mass is 32.2. The van der Waals surface area contributed by atoms with Crippen molar-refractivity contribution in [2.24, 2.45) is 5.92 Å². The van der Waals surface area contributed by atoms with Gasteiger partial charge in [0.15, 0.2) is 0 Å². The van der Waals surface area contributed by atoms with E-state index in [4.69, 9.17) is 9.47 Å². The molecule has 7 heteroatoms. The molecule has 3 aromatic carbocycles. The number of carboxylic acid groups (broad SMARTS) is 1. The highest BCUT2D eigenvalue weighted by molar-refractivity contribution is 8.03. The Morgan fingerprint density at radius 2 is 1.59 bits per heavy atom. The number of hydrogen-bond donors (Lipinski definition) is 3. The summed E-state index contributed by atoms with van der Waals surface area (Å²) in [5.74, 6) is 1.91. The van der Waals surface area contributed by atoms with E-state index in [1.54, 1.807) is 30.0 Å². The van der Waals surface area contributed by atoms with Crippen molar-refractivity contribution in [3.8, 4) is 11.5 Å². The van der Waals surface area contributed by atoms with Crippen LogP contribution in [0.15, 0.2) is 72.1 Å². The first-order chi connectivity index (χ1) is 21.6. The van der Waals surface area contributed by atoms with E-state index in [1.165, 1.54) is 75.3 Å². The Hall–Kier alpha value is -3.58. The summed E-state index contributed by atoms with van der Waals surface area (Å²) in [7, 11) is 0. The molecule has 2 fully saturated rings. The predicted octanol–water partition coefficient (Wildman–Crippen LogP) is 9.39. The third-order valence-electron chi connectivity index (χ3n) is 9.26. The number of rotatable bonds is 12. The second-order valence-corrected chi connectivity index (χ2v) is 13.4. The number of anilines is 1. The van der Waals surface area contributed by atoms with Gasteiger partial charge in [-0.3, -0.25) is 0 Å². The number of ether oxygens (including phenoxy) is 2. The van der Waals surface area contributed by atoms with Crippen LogP contribution in [0.5, 0.6) is 11.5 Å². The lowest BCUT2D eigenvalue weighted by Crippen LogP contribution is -2.28. The third-order valence-corrected chi connectivity index (χ3v) is 10.1. The van der Waals surface area contributed by atoms with E-state index in [-0.39, 0.29) is 11.1 Å². The number of benzene rings is 3. The zero-order valence-corrected chi connectivity index (χ0v) is 26.2. The molecule has 1 heterocycles. The molecule has 0 amide bonds. The number of nitrogens with one attached hydrogen (secondary N) is 2. The quantitative estimate of drug-likeness (QED) is 0.188. The first-order valence-corrected chi connectivity index (χ1v) is 17.3. The van der Waals surface area contributed by atoms with Crippen LogP contribution in [0.3, 0.4) is 0 Å². The largest absolute Gasteiger partial charge is 0.491 e. The molecule has 232 valence electrons. The SMILES string of the molecule is O=C(O)c1ccc(NC2NC(c3ccc(OCc4ccc(C5CCCCC5)cc4)cc3)=CS2)c(OCCC2CCCCC2)c1. The van der Waals surface area contributed by atoms with Crippen molar-refractivity contribution >= 4 is 29.1 Å². The Morgan fingerprint density at radius 3 is 2.32 bits per heavy atom. The van der Waals surface area contributed by atoms with Gasteiger partial charge < -0.3 is 25.2 Å². The zero-order chi connectivity index (χ0) is 30.1. The summed E-state index contributed by atoms with van der Waals surface area (Å²) in [5.41, 5.74) is 5.68. The van der Waals surface area contributed by atoms with Crippen molar-refractivity contribution in [1.82, 2.24) is 5.32 Å². The van der Waals surface area contributed by atoms with Gasteiger partial charge in [0, 0.05) is 0 Å². The van der Waals surface area contributed by atoms with Gasteiger partial charge >= 0.3 is 5.97 Å². The van der Waals surface area contributed by atoms with Gasteiger partial charge in [-0.1, -0.05) is 87.4 Å². The molecule has 6 rings (SSSR count). The summed E-state index contributed by atoms with van der Waals surface area (Å²) in [4.78, 5) is 11.6. The lowest BCUT2D eigenvalue weighted by atomic mass is 9.84. The van der Waals surface area contributed by atoms with Crippen LogP contribution >= 0.6 is 11.8 Å². The average molecular weight is 613 g/mol. The van der Waals surface area contributed by atoms with Crippen molar-refractivity contribution in [3.05, 3.63) is 94.4 Å². The van der Waals surface area contributed by atoms with E-state index in [0.717, 1.165) is 35.0 Å². The summed E-state index contributed by atoms with van der Waals surface area (Å²) in [6.07, 6.45) is 14.2. The average Bonchev–Trinajstić information content (AvgIpc) is 3.54. The fraction of sp³-hybridized carbons (Fsp3) is 0.432. The van der Waals surface area contributed by atoms with Gasteiger partial charge in [0.1, 0.15) is 23.6 Å². The summed E-state index contributed by atoms with van der Waals surface area (Å²) in [6.45, 7) is 1.15. The van der Waals surface area contributed by atoms with E-state index in [1.807, 2.05) is 12.1 Å². The van der Waals surface area contributed by atoms with E-state index in [0.29, 0.717) is 24.9 Å². The molecule has 3 aromatic rings. The lowest BCUT2D eigenvalue weighted by molar-refractivity contribution is 0.0696. The molecule has 1 aliphatic heterocycles. The van der Waals surface area contributed by atoms with Gasteiger partial charge in [0.05, 0.1) is 23.6 Å². The Kier molecular flexibility index (Phi) is 10.3. The minimum atomic E-state index is -0.953. The number of carbonyl (C=O) groups is 1. The number of thioether (sulfide) groups is 1. The number of carboxylic acids is 1. The second kappa shape index (κ2) is 14.9. The summed E-state index contributed by atoms with van der Waals surface area (Å²) in [5, 5.41) is 18.7. The molecule has 0 bridgehead atoms. The molecular formula is C37H44N2O4S. The van der Waals surface area contributed by atoms with Gasteiger partial charge in [-0.25, -0.2) is 4.79 Å². The van der Waals surface area contributed by atoms with Crippen LogP contribution < -0.4 is 20.1 Å². The van der Waals surface area contributed by atoms with E-state index >= 15 is 0 Å². The number of aromatic carboxylic acids is 1. The smallest absolute Gasteiger partial charge is 0.335 e. The maximum Gasteiger partial charge on any atom is 0.335 e. The monoisotopic (exact) mass is 612 g/mol. The van der Waals surface area contributed by atoms with Crippen LogP contribution in [0.1, 0.15) is 104 Å². The maximum absolute atomic E-state index is 11.6. The van der Waals surface area contributed by atoms with Gasteiger partial charge in [0.25, 0.3) is 0 Å². The summed E-state index contributed by atoms with van der Waals surface area (Å²) >= 11 is 1.64. The van der Waals surface area contributed by atoms with Gasteiger partial charge in [-0.15, -0.1) is 0 Å². The normalized spacial score (nSPS) is 19.2.